The minimum Gasteiger partial charge on any atom is -0.480 e. The van der Waals surface area contributed by atoms with Gasteiger partial charge in [-0.15, -0.1) is 11.3 Å². The zero-order valence-corrected chi connectivity index (χ0v) is 14.3. The molecule has 1 saturated carbocycles. The molecule has 5 nitrogen and oxygen atoms in total. The van der Waals surface area contributed by atoms with Gasteiger partial charge in [0.1, 0.15) is 10.9 Å². The largest absolute Gasteiger partial charge is 0.480 e. The number of thiazole rings is 1. The molecule has 0 radical (unpaired) electrons. The fraction of sp³-hybridized carbons (Fsp3) is 0.389. The fourth-order valence-corrected chi connectivity index (χ4v) is 3.61. The number of hydrogen-bond acceptors (Lipinski definition) is 4. The average molecular weight is 344 g/mol. The highest BCUT2D eigenvalue weighted by molar-refractivity contribution is 7.13. The van der Waals surface area contributed by atoms with Crippen LogP contribution in [0.15, 0.2) is 36.5 Å². The summed E-state index contributed by atoms with van der Waals surface area (Å²) in [6.07, 6.45) is 4.05. The Labute approximate surface area is 145 Å². The highest BCUT2D eigenvalue weighted by Crippen LogP contribution is 2.37. The van der Waals surface area contributed by atoms with Gasteiger partial charge in [-0.1, -0.05) is 37.3 Å². The quantitative estimate of drug-likeness (QED) is 0.837. The van der Waals surface area contributed by atoms with Crippen LogP contribution in [-0.4, -0.2) is 32.9 Å². The number of carboxylic acid groups (broad SMARTS) is 1. The Balaban J connectivity index is 1.91. The third-order valence-electron chi connectivity index (χ3n) is 4.18. The molecule has 1 aromatic carbocycles. The third kappa shape index (κ3) is 3.64. The predicted molar refractivity (Wildman–Crippen MR) is 92.0 cm³/mol. The number of carboxylic acids is 1. The van der Waals surface area contributed by atoms with E-state index in [1.165, 1.54) is 16.2 Å². The van der Waals surface area contributed by atoms with Crippen LogP contribution in [-0.2, 0) is 17.8 Å². The number of aryl methyl sites for hydroxylation is 1. The zero-order valence-electron chi connectivity index (χ0n) is 13.5. The van der Waals surface area contributed by atoms with E-state index in [2.05, 4.69) is 4.98 Å². The highest BCUT2D eigenvalue weighted by atomic mass is 32.1. The highest BCUT2D eigenvalue weighted by Gasteiger charge is 2.42. The van der Waals surface area contributed by atoms with Crippen LogP contribution in [0.2, 0.25) is 0 Å². The number of carbonyl (C=O) groups excluding carboxylic acids is 1. The summed E-state index contributed by atoms with van der Waals surface area (Å²) < 4.78 is 0. The van der Waals surface area contributed by atoms with Crippen LogP contribution in [0.3, 0.4) is 0 Å². The molecule has 1 atom stereocenters. The lowest BCUT2D eigenvalue weighted by Crippen LogP contribution is -2.45. The van der Waals surface area contributed by atoms with Crippen LogP contribution < -0.4 is 0 Å². The van der Waals surface area contributed by atoms with Crippen molar-refractivity contribution >= 4 is 23.2 Å². The molecule has 1 heterocycles. The number of aromatic nitrogens is 1. The molecular formula is C18H20N2O3S. The van der Waals surface area contributed by atoms with Gasteiger partial charge in [-0.2, -0.15) is 0 Å². The maximum absolute atomic E-state index is 13.0. The topological polar surface area (TPSA) is 70.5 Å². The van der Waals surface area contributed by atoms with E-state index in [-0.39, 0.29) is 11.8 Å². The number of hydrogen-bond donors (Lipinski definition) is 1. The minimum atomic E-state index is -0.929. The first kappa shape index (κ1) is 16.6. The van der Waals surface area contributed by atoms with Crippen molar-refractivity contribution in [1.82, 2.24) is 9.88 Å². The number of rotatable bonds is 7. The molecule has 1 aromatic heterocycles. The Hall–Kier alpha value is -2.21. The van der Waals surface area contributed by atoms with E-state index in [1.54, 1.807) is 6.20 Å². The molecule has 1 aliphatic rings. The molecule has 0 bridgehead atoms. The molecule has 3 rings (SSSR count). The lowest BCUT2D eigenvalue weighted by molar-refractivity contribution is -0.143. The van der Waals surface area contributed by atoms with Crippen LogP contribution in [0.25, 0.3) is 0 Å². The van der Waals surface area contributed by atoms with Crippen molar-refractivity contribution in [2.24, 2.45) is 5.92 Å². The van der Waals surface area contributed by atoms with Crippen molar-refractivity contribution in [2.75, 3.05) is 0 Å². The molecule has 0 aliphatic heterocycles. The van der Waals surface area contributed by atoms with Crippen molar-refractivity contribution in [3.05, 3.63) is 52.0 Å². The SMILES string of the molecule is CCc1ncc(C(=O)N(Cc2ccccc2)C(C(=O)O)C2CC2)s1. The van der Waals surface area contributed by atoms with Crippen molar-refractivity contribution in [1.29, 1.82) is 0 Å². The van der Waals surface area contributed by atoms with Crippen molar-refractivity contribution in [2.45, 2.75) is 38.8 Å². The maximum Gasteiger partial charge on any atom is 0.326 e. The third-order valence-corrected chi connectivity index (χ3v) is 5.31. The summed E-state index contributed by atoms with van der Waals surface area (Å²) in [5.41, 5.74) is 0.929. The van der Waals surface area contributed by atoms with E-state index in [9.17, 15) is 14.7 Å². The van der Waals surface area contributed by atoms with Crippen LogP contribution in [0.4, 0.5) is 0 Å². The first-order valence-electron chi connectivity index (χ1n) is 8.12. The molecular weight excluding hydrogens is 324 g/mol. The van der Waals surface area contributed by atoms with Gasteiger partial charge in [-0.3, -0.25) is 4.79 Å². The number of carbonyl (C=O) groups is 2. The second-order valence-corrected chi connectivity index (χ2v) is 7.13. The summed E-state index contributed by atoms with van der Waals surface area (Å²) in [4.78, 5) is 31.0. The van der Waals surface area contributed by atoms with Gasteiger partial charge in [0.2, 0.25) is 0 Å². The maximum atomic E-state index is 13.0. The summed E-state index contributed by atoms with van der Waals surface area (Å²) in [6.45, 7) is 2.28. The number of aliphatic carboxylic acids is 1. The molecule has 1 aliphatic carbocycles. The standard InChI is InChI=1S/C18H20N2O3S/c1-2-15-19-10-14(24-15)17(21)20(11-12-6-4-3-5-7-12)16(18(22)23)13-8-9-13/h3-7,10,13,16H,2,8-9,11H2,1H3,(H,22,23). The van der Waals surface area contributed by atoms with Crippen LogP contribution in [0, 0.1) is 5.92 Å². The van der Waals surface area contributed by atoms with Gasteiger partial charge in [0.05, 0.1) is 11.2 Å². The van der Waals surface area contributed by atoms with Gasteiger partial charge >= 0.3 is 5.97 Å². The molecule has 0 saturated heterocycles. The summed E-state index contributed by atoms with van der Waals surface area (Å²) in [6, 6.07) is 8.75. The van der Waals surface area contributed by atoms with Gasteiger partial charge in [-0.25, -0.2) is 9.78 Å². The molecule has 1 amide bonds. The van der Waals surface area contributed by atoms with Gasteiger partial charge in [0, 0.05) is 6.54 Å². The Kier molecular flexibility index (Phi) is 4.94. The van der Waals surface area contributed by atoms with E-state index in [0.29, 0.717) is 11.4 Å². The monoisotopic (exact) mass is 344 g/mol. The van der Waals surface area contributed by atoms with Crippen LogP contribution in [0.5, 0.6) is 0 Å². The van der Waals surface area contributed by atoms with E-state index in [0.717, 1.165) is 29.8 Å². The second-order valence-electron chi connectivity index (χ2n) is 6.01. The average Bonchev–Trinajstić information content (AvgIpc) is 3.29. The zero-order chi connectivity index (χ0) is 17.1. The summed E-state index contributed by atoms with van der Waals surface area (Å²) >= 11 is 1.35. The Morgan fingerprint density at radius 3 is 2.58 bits per heavy atom. The molecule has 1 unspecified atom stereocenters. The number of benzene rings is 1. The normalized spacial score (nSPS) is 15.0. The molecule has 6 heteroatoms. The summed E-state index contributed by atoms with van der Waals surface area (Å²) in [5.74, 6) is -1.12. The smallest absolute Gasteiger partial charge is 0.326 e. The van der Waals surface area contributed by atoms with Gasteiger partial charge in [0.25, 0.3) is 5.91 Å². The van der Waals surface area contributed by atoms with Gasteiger partial charge < -0.3 is 10.0 Å². The Bertz CT molecular complexity index is 725. The van der Waals surface area contributed by atoms with Gasteiger partial charge in [0.15, 0.2) is 0 Å². The lowest BCUT2D eigenvalue weighted by Gasteiger charge is -2.28. The Morgan fingerprint density at radius 1 is 1.33 bits per heavy atom. The Morgan fingerprint density at radius 2 is 2.04 bits per heavy atom. The van der Waals surface area contributed by atoms with Crippen LogP contribution in [0.1, 0.15) is 40.0 Å². The molecule has 24 heavy (non-hydrogen) atoms. The molecule has 1 N–H and O–H groups in total. The van der Waals surface area contributed by atoms with Crippen LogP contribution >= 0.6 is 11.3 Å². The minimum absolute atomic E-state index is 0.0497. The molecule has 1 fully saturated rings. The van der Waals surface area contributed by atoms with E-state index in [1.807, 2.05) is 37.3 Å². The van der Waals surface area contributed by atoms with Crippen molar-refractivity contribution < 1.29 is 14.7 Å². The number of nitrogens with zero attached hydrogens (tertiary/aromatic N) is 2. The second kappa shape index (κ2) is 7.13. The first-order valence-corrected chi connectivity index (χ1v) is 8.94. The summed E-state index contributed by atoms with van der Waals surface area (Å²) in [5, 5.41) is 10.6. The van der Waals surface area contributed by atoms with E-state index < -0.39 is 12.0 Å². The van der Waals surface area contributed by atoms with Crippen molar-refractivity contribution in [3.8, 4) is 0 Å². The van der Waals surface area contributed by atoms with Gasteiger partial charge in [-0.05, 0) is 30.7 Å². The lowest BCUT2D eigenvalue weighted by atomic mass is 10.1. The first-order chi connectivity index (χ1) is 11.6. The van der Waals surface area contributed by atoms with Crippen molar-refractivity contribution in [3.63, 3.8) is 0 Å². The predicted octanol–water partition coefficient (Wildman–Crippen LogP) is 3.21. The molecule has 2 aromatic rings. The molecule has 126 valence electrons. The fourth-order valence-electron chi connectivity index (χ4n) is 2.79. The molecule has 0 spiro atoms. The summed E-state index contributed by atoms with van der Waals surface area (Å²) in [7, 11) is 0. The van der Waals surface area contributed by atoms with E-state index >= 15 is 0 Å². The number of amides is 1. The van der Waals surface area contributed by atoms with E-state index in [4.69, 9.17) is 0 Å².